The molecule has 1 aliphatic rings. The van der Waals surface area contributed by atoms with Gasteiger partial charge in [-0.05, 0) is 105 Å². The van der Waals surface area contributed by atoms with Crippen molar-refractivity contribution < 1.29 is 24.5 Å². The molecule has 1 unspecified atom stereocenters. The number of phenols is 2. The second-order valence-electron chi connectivity index (χ2n) is 7.26. The summed E-state index contributed by atoms with van der Waals surface area (Å²) in [6.07, 6.45) is 0.659. The Hall–Kier alpha value is -3.04. The number of aromatic hydroxyl groups is 2. The van der Waals surface area contributed by atoms with E-state index in [-0.39, 0.29) is 17.4 Å². The van der Waals surface area contributed by atoms with Crippen molar-refractivity contribution >= 4 is 44.0 Å². The normalized spacial score (nSPS) is 15.3. The number of amides is 1. The third kappa shape index (κ3) is 4.84. The Labute approximate surface area is 207 Å². The first kappa shape index (κ1) is 23.1. The average molecular weight is 576 g/mol. The molecule has 0 spiro atoms. The molecule has 1 aliphatic heterocycles. The van der Waals surface area contributed by atoms with Gasteiger partial charge < -0.3 is 19.7 Å². The number of halogens is 2. The van der Waals surface area contributed by atoms with Crippen molar-refractivity contribution in [2.45, 2.75) is 12.8 Å². The summed E-state index contributed by atoms with van der Waals surface area (Å²) < 4.78 is 12.3. The van der Waals surface area contributed by atoms with Crippen molar-refractivity contribution in [1.82, 2.24) is 5.01 Å². The maximum absolute atomic E-state index is 11.4. The van der Waals surface area contributed by atoms with Crippen molar-refractivity contribution in [2.24, 2.45) is 5.10 Å². The van der Waals surface area contributed by atoms with Gasteiger partial charge in [0.05, 0.1) is 23.3 Å². The van der Waals surface area contributed by atoms with E-state index in [2.05, 4.69) is 37.0 Å². The first-order valence-corrected chi connectivity index (χ1v) is 11.7. The molecule has 7 nitrogen and oxygen atoms in total. The van der Waals surface area contributed by atoms with E-state index in [1.807, 2.05) is 55.5 Å². The van der Waals surface area contributed by atoms with Crippen LogP contribution in [-0.4, -0.2) is 40.5 Å². The lowest BCUT2D eigenvalue weighted by atomic mass is 9.90. The smallest absolute Gasteiger partial charge is 0.229 e. The number of hydrogen-bond acceptors (Lipinski definition) is 6. The Kier molecular flexibility index (Phi) is 6.90. The van der Waals surface area contributed by atoms with Crippen molar-refractivity contribution in [1.29, 1.82) is 0 Å². The lowest BCUT2D eigenvalue weighted by Gasteiger charge is -2.17. The molecule has 33 heavy (non-hydrogen) atoms. The third-order valence-electron chi connectivity index (χ3n) is 5.14. The molecule has 1 amide bonds. The molecule has 3 aromatic carbocycles. The van der Waals surface area contributed by atoms with E-state index in [0.717, 1.165) is 11.3 Å². The predicted octanol–water partition coefficient (Wildman–Crippen LogP) is 5.77. The molecule has 0 aromatic heterocycles. The molecule has 4 rings (SSSR count). The Balaban J connectivity index is 1.59. The van der Waals surface area contributed by atoms with Gasteiger partial charge in [0.15, 0.2) is 11.5 Å². The van der Waals surface area contributed by atoms with Gasteiger partial charge in [0, 0.05) is 10.4 Å². The molecule has 0 radical (unpaired) electrons. The lowest BCUT2D eigenvalue weighted by molar-refractivity contribution is -0.117. The standard InChI is InChI=1S/C24H20Br2N2O5/c1-2-32-15-7-9-17(10-8-15)33-16-5-3-14(4-6-16)23-19(12-28(13-29)27-23)18-11-20(30)24(31)22(26)21(18)25/h3-11,13,19,30-31H,2,12H2,1H3. The van der Waals surface area contributed by atoms with E-state index < -0.39 is 0 Å². The van der Waals surface area contributed by atoms with Crippen LogP contribution in [0.5, 0.6) is 28.7 Å². The van der Waals surface area contributed by atoms with E-state index >= 15 is 0 Å². The summed E-state index contributed by atoms with van der Waals surface area (Å²) in [6.45, 7) is 2.84. The summed E-state index contributed by atoms with van der Waals surface area (Å²) in [5.74, 6) is 1.28. The fourth-order valence-electron chi connectivity index (χ4n) is 3.57. The van der Waals surface area contributed by atoms with E-state index in [0.29, 0.717) is 51.3 Å². The van der Waals surface area contributed by atoms with Gasteiger partial charge in [-0.25, -0.2) is 5.01 Å². The topological polar surface area (TPSA) is 91.6 Å². The van der Waals surface area contributed by atoms with Crippen LogP contribution in [0.25, 0.3) is 0 Å². The van der Waals surface area contributed by atoms with Crippen LogP contribution in [0.2, 0.25) is 0 Å². The number of rotatable bonds is 7. The van der Waals surface area contributed by atoms with Crippen LogP contribution in [0.3, 0.4) is 0 Å². The first-order valence-electron chi connectivity index (χ1n) is 10.1. The number of phenolic OH excluding ortho intramolecular Hbond substituents is 2. The number of benzene rings is 3. The summed E-state index contributed by atoms with van der Waals surface area (Å²) in [5.41, 5.74) is 2.15. The van der Waals surface area contributed by atoms with Gasteiger partial charge in [0.2, 0.25) is 6.41 Å². The van der Waals surface area contributed by atoms with Crippen molar-refractivity contribution in [3.8, 4) is 28.7 Å². The molecule has 0 saturated heterocycles. The number of nitrogens with zero attached hydrogens (tertiary/aromatic N) is 2. The van der Waals surface area contributed by atoms with E-state index in [1.165, 1.54) is 11.1 Å². The molecule has 1 atom stereocenters. The SMILES string of the molecule is CCOc1ccc(Oc2ccc(C3=NN(C=O)CC3c3cc(O)c(O)c(Br)c3Br)cc2)cc1. The number of hydrogen-bond donors (Lipinski definition) is 2. The summed E-state index contributed by atoms with van der Waals surface area (Å²) in [5, 5.41) is 25.9. The fourth-order valence-corrected chi connectivity index (χ4v) is 4.58. The van der Waals surface area contributed by atoms with Crippen LogP contribution < -0.4 is 9.47 Å². The predicted molar refractivity (Wildman–Crippen MR) is 131 cm³/mol. The minimum atomic E-state index is -0.315. The highest BCUT2D eigenvalue weighted by Crippen LogP contribution is 2.45. The van der Waals surface area contributed by atoms with Crippen LogP contribution in [0, 0.1) is 0 Å². The molecule has 0 saturated carbocycles. The summed E-state index contributed by atoms with van der Waals surface area (Å²) in [4.78, 5) is 11.4. The lowest BCUT2D eigenvalue weighted by Crippen LogP contribution is -2.18. The molecule has 170 valence electrons. The second kappa shape index (κ2) is 9.84. The minimum Gasteiger partial charge on any atom is -0.504 e. The van der Waals surface area contributed by atoms with Crippen LogP contribution in [0.4, 0.5) is 0 Å². The van der Waals surface area contributed by atoms with Gasteiger partial charge in [0.1, 0.15) is 17.2 Å². The molecular weight excluding hydrogens is 556 g/mol. The maximum Gasteiger partial charge on any atom is 0.229 e. The summed E-state index contributed by atoms with van der Waals surface area (Å²) in [7, 11) is 0. The fraction of sp³-hybridized carbons (Fsp3) is 0.167. The first-order chi connectivity index (χ1) is 15.9. The summed E-state index contributed by atoms with van der Waals surface area (Å²) >= 11 is 6.76. The molecule has 0 aliphatic carbocycles. The average Bonchev–Trinajstić information content (AvgIpc) is 3.26. The van der Waals surface area contributed by atoms with Crippen molar-refractivity contribution in [3.63, 3.8) is 0 Å². The molecule has 0 bridgehead atoms. The largest absolute Gasteiger partial charge is 0.504 e. The minimum absolute atomic E-state index is 0.259. The molecule has 2 N–H and O–H groups in total. The van der Waals surface area contributed by atoms with Gasteiger partial charge in [-0.2, -0.15) is 5.10 Å². The van der Waals surface area contributed by atoms with Crippen LogP contribution in [0.1, 0.15) is 24.0 Å². The summed E-state index contributed by atoms with van der Waals surface area (Å²) in [6, 6.07) is 16.2. The van der Waals surface area contributed by atoms with Gasteiger partial charge in [-0.15, -0.1) is 0 Å². The van der Waals surface area contributed by atoms with Crippen LogP contribution in [-0.2, 0) is 4.79 Å². The molecule has 0 fully saturated rings. The van der Waals surface area contributed by atoms with Crippen molar-refractivity contribution in [2.75, 3.05) is 13.2 Å². The number of ether oxygens (including phenoxy) is 2. The number of hydrazone groups is 1. The Morgan fingerprint density at radius 1 is 1.03 bits per heavy atom. The zero-order valence-electron chi connectivity index (χ0n) is 17.5. The van der Waals surface area contributed by atoms with Crippen LogP contribution in [0.15, 0.2) is 68.6 Å². The molecule has 1 heterocycles. The highest BCUT2D eigenvalue weighted by Gasteiger charge is 2.32. The van der Waals surface area contributed by atoms with Gasteiger partial charge >= 0.3 is 0 Å². The monoisotopic (exact) mass is 574 g/mol. The second-order valence-corrected chi connectivity index (χ2v) is 8.84. The number of carbonyl (C=O) groups excluding carboxylic acids is 1. The molecule has 9 heteroatoms. The molecule has 3 aromatic rings. The highest BCUT2D eigenvalue weighted by atomic mass is 79.9. The Morgan fingerprint density at radius 3 is 2.24 bits per heavy atom. The van der Waals surface area contributed by atoms with Crippen LogP contribution >= 0.6 is 31.9 Å². The van der Waals surface area contributed by atoms with Gasteiger partial charge in [-0.1, -0.05) is 0 Å². The maximum atomic E-state index is 11.4. The zero-order chi connectivity index (χ0) is 23.5. The quantitative estimate of drug-likeness (QED) is 0.275. The van der Waals surface area contributed by atoms with E-state index in [9.17, 15) is 15.0 Å². The number of carbonyl (C=O) groups is 1. The third-order valence-corrected chi connectivity index (χ3v) is 7.30. The highest BCUT2D eigenvalue weighted by molar-refractivity contribution is 9.13. The van der Waals surface area contributed by atoms with E-state index in [1.54, 1.807) is 0 Å². The Bertz CT molecular complexity index is 1200. The van der Waals surface area contributed by atoms with E-state index in [4.69, 9.17) is 9.47 Å². The van der Waals surface area contributed by atoms with Crippen molar-refractivity contribution in [3.05, 3.63) is 74.7 Å². The Morgan fingerprint density at radius 2 is 1.64 bits per heavy atom. The molecular formula is C24H20Br2N2O5. The zero-order valence-corrected chi connectivity index (χ0v) is 20.7. The van der Waals surface area contributed by atoms with Gasteiger partial charge in [0.25, 0.3) is 0 Å². The van der Waals surface area contributed by atoms with Gasteiger partial charge in [-0.3, -0.25) is 4.79 Å².